The fourth-order valence-corrected chi connectivity index (χ4v) is 2.96. The Morgan fingerprint density at radius 3 is 2.00 bits per heavy atom. The van der Waals surface area contributed by atoms with E-state index in [-0.39, 0.29) is 18.4 Å². The average Bonchev–Trinajstić information content (AvgIpc) is 2.63. The molecule has 4 nitrogen and oxygen atoms in total. The van der Waals surface area contributed by atoms with E-state index in [1.54, 1.807) is 11.9 Å². The lowest BCUT2D eigenvalue weighted by molar-refractivity contribution is -0.155. The number of carboxylic acids is 1. The topological polar surface area (TPSA) is 57.6 Å². The van der Waals surface area contributed by atoms with Gasteiger partial charge >= 0.3 is 5.97 Å². The van der Waals surface area contributed by atoms with Crippen LogP contribution in [0.3, 0.4) is 0 Å². The van der Waals surface area contributed by atoms with Crippen molar-refractivity contribution in [1.82, 2.24) is 4.90 Å². The van der Waals surface area contributed by atoms with E-state index in [9.17, 15) is 14.7 Å². The Hall–Kier alpha value is -1.06. The first kappa shape index (κ1) is 17.0. The van der Waals surface area contributed by atoms with Crippen LogP contribution in [0.1, 0.15) is 65.7 Å². The standard InChI is InChI=1S/C16H29NO3/c1-12(2)13(3)17(4)14(18)11-16(15(19)20)9-7-5-6-8-10-16/h12-13H,5-11H2,1-4H3,(H,19,20). The minimum atomic E-state index is -0.835. The highest BCUT2D eigenvalue weighted by atomic mass is 16.4. The lowest BCUT2D eigenvalue weighted by Gasteiger charge is -2.33. The molecule has 1 amide bonds. The van der Waals surface area contributed by atoms with Crippen LogP contribution < -0.4 is 0 Å². The van der Waals surface area contributed by atoms with Gasteiger partial charge in [0.2, 0.25) is 5.91 Å². The zero-order valence-corrected chi connectivity index (χ0v) is 13.3. The van der Waals surface area contributed by atoms with Crippen molar-refractivity contribution in [3.05, 3.63) is 0 Å². The lowest BCUT2D eigenvalue weighted by Crippen LogP contribution is -2.43. The van der Waals surface area contributed by atoms with Crippen LogP contribution in [0.15, 0.2) is 0 Å². The number of rotatable bonds is 5. The molecular formula is C16H29NO3. The van der Waals surface area contributed by atoms with Gasteiger partial charge in [-0.05, 0) is 25.7 Å². The monoisotopic (exact) mass is 283 g/mol. The molecule has 4 heteroatoms. The summed E-state index contributed by atoms with van der Waals surface area (Å²) in [7, 11) is 1.79. The number of carboxylic acid groups (broad SMARTS) is 1. The molecule has 0 aromatic rings. The maximum absolute atomic E-state index is 12.4. The molecule has 0 aromatic heterocycles. The first-order valence-electron chi connectivity index (χ1n) is 7.79. The van der Waals surface area contributed by atoms with E-state index in [0.29, 0.717) is 18.8 Å². The normalized spacial score (nSPS) is 20.2. The molecule has 1 atom stereocenters. The average molecular weight is 283 g/mol. The summed E-state index contributed by atoms with van der Waals surface area (Å²) in [6, 6.07) is 0.138. The van der Waals surface area contributed by atoms with Crippen LogP contribution in [-0.4, -0.2) is 35.0 Å². The van der Waals surface area contributed by atoms with Crippen LogP contribution in [-0.2, 0) is 9.59 Å². The molecule has 1 N–H and O–H groups in total. The Kier molecular flexibility index (Phi) is 6.03. The minimum Gasteiger partial charge on any atom is -0.481 e. The van der Waals surface area contributed by atoms with Gasteiger partial charge in [0, 0.05) is 19.5 Å². The highest BCUT2D eigenvalue weighted by Gasteiger charge is 2.41. The van der Waals surface area contributed by atoms with Crippen LogP contribution in [0.25, 0.3) is 0 Å². The third kappa shape index (κ3) is 3.97. The summed E-state index contributed by atoms with van der Waals surface area (Å²) in [5, 5.41) is 9.62. The molecule has 1 saturated carbocycles. The number of carbonyl (C=O) groups is 2. The molecular weight excluding hydrogens is 254 g/mol. The Bertz CT molecular complexity index is 344. The Labute approximate surface area is 122 Å². The highest BCUT2D eigenvalue weighted by molar-refractivity contribution is 5.85. The van der Waals surface area contributed by atoms with Crippen molar-refractivity contribution in [1.29, 1.82) is 0 Å². The second-order valence-electron chi connectivity index (χ2n) is 6.67. The number of hydrogen-bond acceptors (Lipinski definition) is 2. The summed E-state index contributed by atoms with van der Waals surface area (Å²) in [4.78, 5) is 25.9. The molecule has 0 aromatic carbocycles. The first-order valence-corrected chi connectivity index (χ1v) is 7.79. The zero-order valence-electron chi connectivity index (χ0n) is 13.3. The van der Waals surface area contributed by atoms with Gasteiger partial charge in [0.15, 0.2) is 0 Å². The Morgan fingerprint density at radius 1 is 1.10 bits per heavy atom. The van der Waals surface area contributed by atoms with Crippen LogP contribution in [0, 0.1) is 11.3 Å². The van der Waals surface area contributed by atoms with E-state index >= 15 is 0 Å². The van der Waals surface area contributed by atoms with Gasteiger partial charge in [-0.25, -0.2) is 0 Å². The predicted octanol–water partition coefficient (Wildman–Crippen LogP) is 3.30. The smallest absolute Gasteiger partial charge is 0.310 e. The summed E-state index contributed by atoms with van der Waals surface area (Å²) in [6.45, 7) is 6.17. The summed E-state index contributed by atoms with van der Waals surface area (Å²) in [5.74, 6) is -0.451. The Balaban J connectivity index is 2.80. The zero-order chi connectivity index (χ0) is 15.3. The van der Waals surface area contributed by atoms with Gasteiger partial charge in [0.1, 0.15) is 0 Å². The van der Waals surface area contributed by atoms with Crippen LogP contribution in [0.5, 0.6) is 0 Å². The maximum Gasteiger partial charge on any atom is 0.310 e. The number of carbonyl (C=O) groups excluding carboxylic acids is 1. The third-order valence-corrected chi connectivity index (χ3v) is 4.97. The van der Waals surface area contributed by atoms with Crippen LogP contribution >= 0.6 is 0 Å². The van der Waals surface area contributed by atoms with Crippen molar-refractivity contribution in [2.45, 2.75) is 71.8 Å². The fraction of sp³-hybridized carbons (Fsp3) is 0.875. The molecule has 116 valence electrons. The van der Waals surface area contributed by atoms with Crippen molar-refractivity contribution in [3.63, 3.8) is 0 Å². The second kappa shape index (κ2) is 7.09. The second-order valence-corrected chi connectivity index (χ2v) is 6.67. The molecule has 1 unspecified atom stereocenters. The van der Waals surface area contributed by atoms with E-state index in [2.05, 4.69) is 13.8 Å². The van der Waals surface area contributed by atoms with E-state index < -0.39 is 11.4 Å². The molecule has 0 bridgehead atoms. The van der Waals surface area contributed by atoms with Gasteiger partial charge in [-0.1, -0.05) is 39.5 Å². The highest BCUT2D eigenvalue weighted by Crippen LogP contribution is 2.39. The lowest BCUT2D eigenvalue weighted by atomic mass is 9.77. The molecule has 0 aliphatic heterocycles. The van der Waals surface area contributed by atoms with Crippen molar-refractivity contribution >= 4 is 11.9 Å². The minimum absolute atomic E-state index is 0.0319. The third-order valence-electron chi connectivity index (χ3n) is 4.97. The van der Waals surface area contributed by atoms with E-state index in [4.69, 9.17) is 0 Å². The molecule has 1 fully saturated rings. The van der Waals surface area contributed by atoms with E-state index in [1.165, 1.54) is 0 Å². The fourth-order valence-electron chi connectivity index (χ4n) is 2.96. The molecule has 0 radical (unpaired) electrons. The number of nitrogens with zero attached hydrogens (tertiary/aromatic N) is 1. The number of hydrogen-bond donors (Lipinski definition) is 1. The summed E-state index contributed by atoms with van der Waals surface area (Å²) < 4.78 is 0. The molecule has 0 spiro atoms. The Morgan fingerprint density at radius 2 is 1.60 bits per heavy atom. The molecule has 1 aliphatic rings. The van der Waals surface area contributed by atoms with Gasteiger partial charge in [0.25, 0.3) is 0 Å². The van der Waals surface area contributed by atoms with Gasteiger partial charge in [-0.2, -0.15) is 0 Å². The summed E-state index contributed by atoms with van der Waals surface area (Å²) in [6.07, 6.45) is 5.43. The van der Waals surface area contributed by atoms with Crippen molar-refractivity contribution in [2.75, 3.05) is 7.05 Å². The maximum atomic E-state index is 12.4. The number of amides is 1. The molecule has 1 rings (SSSR count). The van der Waals surface area contributed by atoms with Crippen molar-refractivity contribution < 1.29 is 14.7 Å². The summed E-state index contributed by atoms with van der Waals surface area (Å²) in [5.41, 5.74) is -0.835. The molecule has 0 heterocycles. The molecule has 0 saturated heterocycles. The number of aliphatic carboxylic acids is 1. The quantitative estimate of drug-likeness (QED) is 0.788. The largest absolute Gasteiger partial charge is 0.481 e. The van der Waals surface area contributed by atoms with Gasteiger partial charge in [-0.15, -0.1) is 0 Å². The first-order chi connectivity index (χ1) is 9.30. The summed E-state index contributed by atoms with van der Waals surface area (Å²) >= 11 is 0. The molecule has 1 aliphatic carbocycles. The van der Waals surface area contributed by atoms with E-state index in [1.807, 2.05) is 6.92 Å². The van der Waals surface area contributed by atoms with Crippen LogP contribution in [0.4, 0.5) is 0 Å². The van der Waals surface area contributed by atoms with Crippen molar-refractivity contribution in [3.8, 4) is 0 Å². The van der Waals surface area contributed by atoms with Crippen LogP contribution in [0.2, 0.25) is 0 Å². The predicted molar refractivity (Wildman–Crippen MR) is 79.5 cm³/mol. The van der Waals surface area contributed by atoms with E-state index in [0.717, 1.165) is 25.7 Å². The van der Waals surface area contributed by atoms with Crippen molar-refractivity contribution in [2.24, 2.45) is 11.3 Å². The van der Waals surface area contributed by atoms with Gasteiger partial charge in [0.05, 0.1) is 5.41 Å². The molecule has 20 heavy (non-hydrogen) atoms. The van der Waals surface area contributed by atoms with Gasteiger partial charge < -0.3 is 10.0 Å². The SMILES string of the molecule is CC(C)C(C)N(C)C(=O)CC1(C(=O)O)CCCCCC1. The van der Waals surface area contributed by atoms with Gasteiger partial charge in [-0.3, -0.25) is 9.59 Å².